The highest BCUT2D eigenvalue weighted by atomic mass is 35.5. The Balaban J connectivity index is 0.00000576. The van der Waals surface area contributed by atoms with Crippen molar-refractivity contribution in [3.8, 4) is 11.5 Å². The Morgan fingerprint density at radius 2 is 1.88 bits per heavy atom. The normalized spacial score (nSPS) is 12.1. The van der Waals surface area contributed by atoms with E-state index in [1.54, 1.807) is 7.11 Å². The maximum Gasteiger partial charge on any atom is 0.227 e. The van der Waals surface area contributed by atoms with Gasteiger partial charge in [0.15, 0.2) is 11.5 Å². The van der Waals surface area contributed by atoms with E-state index in [1.807, 2.05) is 39.0 Å². The van der Waals surface area contributed by atoms with Gasteiger partial charge in [-0.2, -0.15) is 0 Å². The summed E-state index contributed by atoms with van der Waals surface area (Å²) in [6.45, 7) is 9.03. The average molecular weight is 373 g/mol. The lowest BCUT2D eigenvalue weighted by atomic mass is 9.81. The summed E-state index contributed by atoms with van der Waals surface area (Å²) >= 11 is 0. The first-order chi connectivity index (χ1) is 11.5. The van der Waals surface area contributed by atoms with Gasteiger partial charge in [0.05, 0.1) is 25.2 Å². The Labute approximate surface area is 158 Å². The molecule has 0 aromatic heterocycles. The fourth-order valence-electron chi connectivity index (χ4n) is 2.67. The molecule has 1 atom stereocenters. The van der Waals surface area contributed by atoms with Gasteiger partial charge in [-0.05, 0) is 43.9 Å². The van der Waals surface area contributed by atoms with Crippen LogP contribution in [0.2, 0.25) is 0 Å². The summed E-state index contributed by atoms with van der Waals surface area (Å²) in [5.74, 6) is 1.41. The molecule has 1 aromatic rings. The number of nitrogens with two attached hydrogens (primary N) is 1. The number of ether oxygens (including phenoxy) is 2. The molecule has 1 rings (SSSR count). The highest BCUT2D eigenvalue weighted by Crippen LogP contribution is 2.31. The number of benzene rings is 1. The molecule has 0 bridgehead atoms. The van der Waals surface area contributed by atoms with Gasteiger partial charge in [0.25, 0.3) is 0 Å². The molecule has 0 saturated carbocycles. The second kappa shape index (κ2) is 11.2. The standard InChI is InChI=1S/C19H32N2O3.ClH/c1-6-11-24-16-10-9-15(12-17(16)23-5)14(4)21-18(22)19(7-2,8-3)13-20;/h9-10,12,14H,6-8,11,13,20H2,1-5H3,(H,21,22);1H. The zero-order chi connectivity index (χ0) is 18.2. The lowest BCUT2D eigenvalue weighted by Gasteiger charge is -2.30. The number of amides is 1. The van der Waals surface area contributed by atoms with E-state index in [0.717, 1.165) is 30.6 Å². The first-order valence-electron chi connectivity index (χ1n) is 8.79. The topological polar surface area (TPSA) is 73.6 Å². The summed E-state index contributed by atoms with van der Waals surface area (Å²) in [6.07, 6.45) is 2.39. The van der Waals surface area contributed by atoms with E-state index in [1.165, 1.54) is 0 Å². The quantitative estimate of drug-likeness (QED) is 0.654. The van der Waals surface area contributed by atoms with Crippen LogP contribution >= 0.6 is 12.4 Å². The molecular formula is C19H33ClN2O3. The van der Waals surface area contributed by atoms with Crippen LogP contribution in [0.15, 0.2) is 18.2 Å². The summed E-state index contributed by atoms with van der Waals surface area (Å²) in [5.41, 5.74) is 6.34. The van der Waals surface area contributed by atoms with Crippen molar-refractivity contribution in [3.63, 3.8) is 0 Å². The van der Waals surface area contributed by atoms with E-state index >= 15 is 0 Å². The summed E-state index contributed by atoms with van der Waals surface area (Å²) in [7, 11) is 1.62. The molecule has 0 aliphatic carbocycles. The highest BCUT2D eigenvalue weighted by Gasteiger charge is 2.34. The van der Waals surface area contributed by atoms with Crippen molar-refractivity contribution in [2.24, 2.45) is 11.1 Å². The molecule has 1 aromatic carbocycles. The van der Waals surface area contributed by atoms with Gasteiger partial charge in [-0.25, -0.2) is 0 Å². The largest absolute Gasteiger partial charge is 0.493 e. The zero-order valence-corrected chi connectivity index (χ0v) is 16.9. The van der Waals surface area contributed by atoms with Crippen LogP contribution in [-0.4, -0.2) is 26.2 Å². The number of halogens is 1. The van der Waals surface area contributed by atoms with Crippen LogP contribution < -0.4 is 20.5 Å². The molecule has 0 saturated heterocycles. The number of hydrogen-bond acceptors (Lipinski definition) is 4. The number of carbonyl (C=O) groups excluding carboxylic acids is 1. The van der Waals surface area contributed by atoms with Crippen LogP contribution in [0.4, 0.5) is 0 Å². The smallest absolute Gasteiger partial charge is 0.227 e. The minimum Gasteiger partial charge on any atom is -0.493 e. The molecule has 0 radical (unpaired) electrons. The van der Waals surface area contributed by atoms with Crippen LogP contribution in [0.1, 0.15) is 58.6 Å². The van der Waals surface area contributed by atoms with E-state index in [4.69, 9.17) is 15.2 Å². The molecule has 0 spiro atoms. The monoisotopic (exact) mass is 372 g/mol. The second-order valence-corrected chi connectivity index (χ2v) is 6.15. The van der Waals surface area contributed by atoms with Gasteiger partial charge in [0, 0.05) is 6.54 Å². The van der Waals surface area contributed by atoms with Gasteiger partial charge in [-0.3, -0.25) is 4.79 Å². The van der Waals surface area contributed by atoms with Crippen molar-refractivity contribution >= 4 is 18.3 Å². The minimum absolute atomic E-state index is 0. The predicted molar refractivity (Wildman–Crippen MR) is 105 cm³/mol. The summed E-state index contributed by atoms with van der Waals surface area (Å²) in [6, 6.07) is 5.64. The zero-order valence-electron chi connectivity index (χ0n) is 16.1. The van der Waals surface area contributed by atoms with Crippen molar-refractivity contribution in [1.82, 2.24) is 5.32 Å². The van der Waals surface area contributed by atoms with Crippen LogP contribution in [0.3, 0.4) is 0 Å². The van der Waals surface area contributed by atoms with Gasteiger partial charge < -0.3 is 20.5 Å². The number of carbonyl (C=O) groups is 1. The van der Waals surface area contributed by atoms with Crippen molar-refractivity contribution in [2.45, 2.75) is 53.0 Å². The Hall–Kier alpha value is -1.46. The molecular weight excluding hydrogens is 340 g/mol. The number of nitrogens with one attached hydrogen (secondary N) is 1. The third-order valence-corrected chi connectivity index (χ3v) is 4.72. The molecule has 5 nitrogen and oxygen atoms in total. The molecule has 25 heavy (non-hydrogen) atoms. The second-order valence-electron chi connectivity index (χ2n) is 6.15. The Morgan fingerprint density at radius 1 is 1.24 bits per heavy atom. The van der Waals surface area contributed by atoms with Crippen molar-refractivity contribution in [2.75, 3.05) is 20.3 Å². The summed E-state index contributed by atoms with van der Waals surface area (Å²) < 4.78 is 11.1. The summed E-state index contributed by atoms with van der Waals surface area (Å²) in [4.78, 5) is 12.7. The van der Waals surface area contributed by atoms with E-state index < -0.39 is 5.41 Å². The number of rotatable bonds is 10. The van der Waals surface area contributed by atoms with E-state index in [-0.39, 0.29) is 24.4 Å². The van der Waals surface area contributed by atoms with Crippen molar-refractivity contribution in [1.29, 1.82) is 0 Å². The van der Waals surface area contributed by atoms with Crippen LogP contribution in [0, 0.1) is 5.41 Å². The molecule has 1 unspecified atom stereocenters. The first kappa shape index (κ1) is 23.5. The fourth-order valence-corrected chi connectivity index (χ4v) is 2.67. The average Bonchev–Trinajstić information content (AvgIpc) is 2.61. The van der Waals surface area contributed by atoms with Gasteiger partial charge in [0.2, 0.25) is 5.91 Å². The molecule has 3 N–H and O–H groups in total. The van der Waals surface area contributed by atoms with Crippen LogP contribution in [-0.2, 0) is 4.79 Å². The molecule has 0 fully saturated rings. The lowest BCUT2D eigenvalue weighted by Crippen LogP contribution is -2.46. The maximum absolute atomic E-state index is 12.7. The maximum atomic E-state index is 12.7. The van der Waals surface area contributed by atoms with E-state index in [2.05, 4.69) is 12.2 Å². The van der Waals surface area contributed by atoms with Crippen LogP contribution in [0.25, 0.3) is 0 Å². The van der Waals surface area contributed by atoms with Gasteiger partial charge in [-0.1, -0.05) is 26.8 Å². The molecule has 0 heterocycles. The van der Waals surface area contributed by atoms with Crippen molar-refractivity contribution in [3.05, 3.63) is 23.8 Å². The summed E-state index contributed by atoms with van der Waals surface area (Å²) in [5, 5.41) is 3.09. The Kier molecular flexibility index (Phi) is 10.6. The molecule has 144 valence electrons. The fraction of sp³-hybridized carbons (Fsp3) is 0.632. The van der Waals surface area contributed by atoms with E-state index in [9.17, 15) is 4.79 Å². The van der Waals surface area contributed by atoms with Gasteiger partial charge >= 0.3 is 0 Å². The SMILES string of the molecule is CCCOc1ccc(C(C)NC(=O)C(CC)(CC)CN)cc1OC.Cl. The molecule has 1 amide bonds. The first-order valence-corrected chi connectivity index (χ1v) is 8.79. The van der Waals surface area contributed by atoms with Gasteiger partial charge in [-0.15, -0.1) is 12.4 Å². The number of methoxy groups -OCH3 is 1. The predicted octanol–water partition coefficient (Wildman–Crippen LogP) is 3.85. The highest BCUT2D eigenvalue weighted by molar-refractivity contribution is 5.85. The number of hydrogen-bond donors (Lipinski definition) is 2. The van der Waals surface area contributed by atoms with Crippen LogP contribution in [0.5, 0.6) is 11.5 Å². The Morgan fingerprint density at radius 3 is 2.36 bits per heavy atom. The third-order valence-electron chi connectivity index (χ3n) is 4.72. The van der Waals surface area contributed by atoms with E-state index in [0.29, 0.717) is 18.9 Å². The minimum atomic E-state index is -0.497. The molecule has 6 heteroatoms. The molecule has 0 aliphatic heterocycles. The van der Waals surface area contributed by atoms with Crippen molar-refractivity contribution < 1.29 is 14.3 Å². The Bertz CT molecular complexity index is 525. The lowest BCUT2D eigenvalue weighted by molar-refractivity contribution is -0.131. The third kappa shape index (κ3) is 5.79. The molecule has 0 aliphatic rings. The van der Waals surface area contributed by atoms with Gasteiger partial charge in [0.1, 0.15) is 0 Å².